The molecule has 1 aliphatic carbocycles. The number of cyclic esters (lactones) is 1. The Morgan fingerprint density at radius 1 is 1.21 bits per heavy atom. The Morgan fingerprint density at radius 3 is 2.62 bits per heavy atom. The molecule has 1 saturated carbocycles. The molecular weight excluding hydrogens is 436 g/mol. The number of rotatable bonds is 7. The van der Waals surface area contributed by atoms with E-state index in [0.717, 1.165) is 31.2 Å². The number of hydrogen-bond donors (Lipinski definition) is 3. The number of nitrogens with one attached hydrogen (secondary N) is 2. The lowest BCUT2D eigenvalue weighted by Crippen LogP contribution is -2.51. The van der Waals surface area contributed by atoms with Crippen LogP contribution in [0.1, 0.15) is 63.0 Å². The fourth-order valence-electron chi connectivity index (χ4n) is 4.72. The standard InChI is InChI=1S/C26H36N2O6/c1-33-17-21-24(19-10-4-2-5-11-19)34-23(31)13-7-3-6-12-20(25(32)27-21)16-22(30)28-26(18-29)14-8-9-15-26/h2-6,10-11,20-21,24,29H,7-9,12-18H2,1H3,(H,27,32)(H,28,30)/t20-,21+,24+/m1/s1. The molecule has 2 amide bonds. The molecule has 0 saturated heterocycles. The van der Waals surface area contributed by atoms with Gasteiger partial charge in [-0.05, 0) is 31.2 Å². The van der Waals surface area contributed by atoms with Crippen molar-refractivity contribution >= 4 is 17.8 Å². The van der Waals surface area contributed by atoms with Gasteiger partial charge >= 0.3 is 5.97 Å². The SMILES string of the molecule is COC[C@@H]1NC(=O)[C@@H](CC(=O)NC2(CO)CCCC2)CC=CCCC(=O)O[C@H]1c1ccccc1. The summed E-state index contributed by atoms with van der Waals surface area (Å²) in [7, 11) is 1.52. The maximum absolute atomic E-state index is 13.3. The zero-order chi connectivity index (χ0) is 24.4. The van der Waals surface area contributed by atoms with Gasteiger partial charge in [0.25, 0.3) is 0 Å². The van der Waals surface area contributed by atoms with Gasteiger partial charge in [-0.3, -0.25) is 14.4 Å². The molecule has 0 unspecified atom stereocenters. The third kappa shape index (κ3) is 7.14. The van der Waals surface area contributed by atoms with E-state index in [1.165, 1.54) is 7.11 Å². The number of benzene rings is 1. The van der Waals surface area contributed by atoms with Crippen molar-refractivity contribution in [2.75, 3.05) is 20.3 Å². The molecule has 8 nitrogen and oxygen atoms in total. The highest BCUT2D eigenvalue weighted by molar-refractivity contribution is 5.86. The molecule has 0 radical (unpaired) electrons. The topological polar surface area (TPSA) is 114 Å². The molecule has 1 aromatic carbocycles. The minimum Gasteiger partial charge on any atom is -0.455 e. The van der Waals surface area contributed by atoms with Crippen LogP contribution in [0.2, 0.25) is 0 Å². The second-order valence-corrected chi connectivity index (χ2v) is 9.23. The molecule has 2 aliphatic rings. The molecule has 1 aliphatic heterocycles. The fraction of sp³-hybridized carbons (Fsp3) is 0.577. The third-order valence-electron chi connectivity index (χ3n) is 6.60. The van der Waals surface area contributed by atoms with Crippen LogP contribution in [0.15, 0.2) is 42.5 Å². The Hall–Kier alpha value is -2.71. The number of amides is 2. The molecule has 3 N–H and O–H groups in total. The van der Waals surface area contributed by atoms with Gasteiger partial charge < -0.3 is 25.2 Å². The second kappa shape index (κ2) is 12.7. The van der Waals surface area contributed by atoms with E-state index in [2.05, 4.69) is 10.6 Å². The van der Waals surface area contributed by atoms with Crippen LogP contribution in [0.25, 0.3) is 0 Å². The Balaban J connectivity index is 1.79. The predicted molar refractivity (Wildman–Crippen MR) is 127 cm³/mol. The summed E-state index contributed by atoms with van der Waals surface area (Å²) in [6, 6.07) is 8.64. The van der Waals surface area contributed by atoms with E-state index in [9.17, 15) is 19.5 Å². The van der Waals surface area contributed by atoms with Gasteiger partial charge in [-0.15, -0.1) is 0 Å². The van der Waals surface area contributed by atoms with Crippen LogP contribution < -0.4 is 10.6 Å². The molecule has 8 heteroatoms. The van der Waals surface area contributed by atoms with Gasteiger partial charge in [0.1, 0.15) is 6.10 Å². The number of esters is 1. The van der Waals surface area contributed by atoms with Crippen molar-refractivity contribution in [3.63, 3.8) is 0 Å². The quantitative estimate of drug-likeness (QED) is 0.415. The van der Waals surface area contributed by atoms with Crippen molar-refractivity contribution in [3.05, 3.63) is 48.0 Å². The van der Waals surface area contributed by atoms with Crippen molar-refractivity contribution in [3.8, 4) is 0 Å². The van der Waals surface area contributed by atoms with Gasteiger partial charge in [-0.1, -0.05) is 55.3 Å². The van der Waals surface area contributed by atoms with Gasteiger partial charge in [0.15, 0.2) is 0 Å². The van der Waals surface area contributed by atoms with Crippen molar-refractivity contribution in [2.45, 2.75) is 69.1 Å². The lowest BCUT2D eigenvalue weighted by Gasteiger charge is -2.31. The molecule has 1 aromatic rings. The average Bonchev–Trinajstić information content (AvgIpc) is 3.30. The molecular formula is C26H36N2O6. The summed E-state index contributed by atoms with van der Waals surface area (Å²) in [5.41, 5.74) is 0.172. The van der Waals surface area contributed by atoms with Crippen molar-refractivity contribution in [2.24, 2.45) is 5.92 Å². The first-order valence-corrected chi connectivity index (χ1v) is 12.1. The molecule has 1 heterocycles. The lowest BCUT2D eigenvalue weighted by atomic mass is 9.94. The second-order valence-electron chi connectivity index (χ2n) is 9.23. The van der Waals surface area contributed by atoms with Gasteiger partial charge in [0.2, 0.25) is 11.8 Å². The van der Waals surface area contributed by atoms with E-state index >= 15 is 0 Å². The highest BCUT2D eigenvalue weighted by Crippen LogP contribution is 2.30. The fourth-order valence-corrected chi connectivity index (χ4v) is 4.72. The monoisotopic (exact) mass is 472 g/mol. The molecule has 34 heavy (non-hydrogen) atoms. The maximum Gasteiger partial charge on any atom is 0.306 e. The van der Waals surface area contributed by atoms with Crippen LogP contribution in [-0.4, -0.2) is 54.8 Å². The van der Waals surface area contributed by atoms with Gasteiger partial charge in [-0.25, -0.2) is 0 Å². The van der Waals surface area contributed by atoms with Crippen LogP contribution in [0.4, 0.5) is 0 Å². The van der Waals surface area contributed by atoms with Gasteiger partial charge in [0.05, 0.1) is 30.7 Å². The minimum atomic E-state index is -0.716. The Morgan fingerprint density at radius 2 is 1.94 bits per heavy atom. The molecule has 1 fully saturated rings. The first kappa shape index (κ1) is 25.9. The Kier molecular flexibility index (Phi) is 9.65. The van der Waals surface area contributed by atoms with E-state index < -0.39 is 23.6 Å². The largest absolute Gasteiger partial charge is 0.455 e. The van der Waals surface area contributed by atoms with Crippen LogP contribution in [0, 0.1) is 5.92 Å². The van der Waals surface area contributed by atoms with E-state index in [4.69, 9.17) is 9.47 Å². The zero-order valence-electron chi connectivity index (χ0n) is 19.8. The Labute approximate surface area is 201 Å². The summed E-state index contributed by atoms with van der Waals surface area (Å²) in [5, 5.41) is 15.8. The van der Waals surface area contributed by atoms with Crippen LogP contribution >= 0.6 is 0 Å². The molecule has 186 valence electrons. The predicted octanol–water partition coefficient (Wildman–Crippen LogP) is 2.57. The van der Waals surface area contributed by atoms with Crippen molar-refractivity contribution < 1.29 is 29.0 Å². The number of aliphatic hydroxyl groups is 1. The smallest absolute Gasteiger partial charge is 0.306 e. The number of ether oxygens (including phenoxy) is 2. The highest BCUT2D eigenvalue weighted by Gasteiger charge is 2.36. The van der Waals surface area contributed by atoms with Gasteiger partial charge in [0, 0.05) is 20.0 Å². The highest BCUT2D eigenvalue weighted by atomic mass is 16.5. The van der Waals surface area contributed by atoms with Gasteiger partial charge in [-0.2, -0.15) is 0 Å². The first-order chi connectivity index (χ1) is 16.5. The normalized spacial score (nSPS) is 25.5. The number of hydrogen-bond acceptors (Lipinski definition) is 6. The summed E-state index contributed by atoms with van der Waals surface area (Å²) in [6.45, 7) is 0.0382. The Bertz CT molecular complexity index is 850. The van der Waals surface area contributed by atoms with E-state index in [0.29, 0.717) is 12.8 Å². The number of aliphatic hydroxyl groups excluding tert-OH is 1. The number of methoxy groups -OCH3 is 1. The van der Waals surface area contributed by atoms with Crippen LogP contribution in [0.3, 0.4) is 0 Å². The van der Waals surface area contributed by atoms with E-state index in [1.807, 2.05) is 42.5 Å². The summed E-state index contributed by atoms with van der Waals surface area (Å²) < 4.78 is 11.1. The number of carbonyl (C=O) groups excluding carboxylic acids is 3. The summed E-state index contributed by atoms with van der Waals surface area (Å²) in [4.78, 5) is 38.7. The van der Waals surface area contributed by atoms with Crippen molar-refractivity contribution in [1.82, 2.24) is 10.6 Å². The zero-order valence-corrected chi connectivity index (χ0v) is 19.8. The first-order valence-electron chi connectivity index (χ1n) is 12.1. The summed E-state index contributed by atoms with van der Waals surface area (Å²) >= 11 is 0. The molecule has 0 aromatic heterocycles. The van der Waals surface area contributed by atoms with Crippen LogP contribution in [-0.2, 0) is 23.9 Å². The van der Waals surface area contributed by atoms with E-state index in [1.54, 1.807) is 0 Å². The maximum atomic E-state index is 13.3. The molecule has 3 atom stereocenters. The average molecular weight is 473 g/mol. The summed E-state index contributed by atoms with van der Waals surface area (Å²) in [6.07, 6.45) is 7.47. The molecule has 3 rings (SSSR count). The van der Waals surface area contributed by atoms with Crippen molar-refractivity contribution in [1.29, 1.82) is 0 Å². The molecule has 0 spiro atoms. The minimum absolute atomic E-state index is 0.00736. The van der Waals surface area contributed by atoms with E-state index in [-0.39, 0.29) is 43.8 Å². The lowest BCUT2D eigenvalue weighted by molar-refractivity contribution is -0.153. The molecule has 0 bridgehead atoms. The number of allylic oxidation sites excluding steroid dienone is 2. The third-order valence-corrected chi connectivity index (χ3v) is 6.60. The summed E-state index contributed by atoms with van der Waals surface area (Å²) in [5.74, 6) is -1.50. The van der Waals surface area contributed by atoms with Crippen LogP contribution in [0.5, 0.6) is 0 Å². The number of carbonyl (C=O) groups is 3.